The van der Waals surface area contributed by atoms with Crippen molar-refractivity contribution < 1.29 is 9.21 Å². The minimum Gasteiger partial charge on any atom is -0.436 e. The molecule has 1 amide bonds. The van der Waals surface area contributed by atoms with Gasteiger partial charge in [0.1, 0.15) is 11.3 Å². The standard InChI is InChI=1S/C27H32N6O2/c1-27(2,3)31-25-21(26-30-22-9-5-6-10-23(22)35-26)15-19(16-28-25)20-17-29-33(18-20)14-11-24(34)32-12-7-4-8-13-32/h5-6,9-10,15-18H,4,7-8,11-14H2,1-3H3,(H,28,31). The van der Waals surface area contributed by atoms with Gasteiger partial charge in [-0.3, -0.25) is 9.48 Å². The number of hydrogen-bond donors (Lipinski definition) is 1. The Morgan fingerprint density at radius 1 is 1.09 bits per heavy atom. The second kappa shape index (κ2) is 9.52. The maximum atomic E-state index is 12.5. The van der Waals surface area contributed by atoms with E-state index >= 15 is 0 Å². The normalized spacial score (nSPS) is 14.4. The van der Waals surface area contributed by atoms with E-state index in [1.165, 1.54) is 6.42 Å². The zero-order chi connectivity index (χ0) is 24.4. The fourth-order valence-electron chi connectivity index (χ4n) is 4.37. The number of likely N-dealkylation sites (tertiary alicyclic amines) is 1. The number of aromatic nitrogens is 4. The Balaban J connectivity index is 1.39. The molecule has 3 aromatic heterocycles. The minimum atomic E-state index is -0.180. The summed E-state index contributed by atoms with van der Waals surface area (Å²) in [5.74, 6) is 1.44. The van der Waals surface area contributed by atoms with Gasteiger partial charge in [0.15, 0.2) is 5.58 Å². The summed E-state index contributed by atoms with van der Waals surface area (Å²) >= 11 is 0. The predicted octanol–water partition coefficient (Wildman–Crippen LogP) is 5.37. The first-order valence-corrected chi connectivity index (χ1v) is 12.3. The fourth-order valence-corrected chi connectivity index (χ4v) is 4.37. The highest BCUT2D eigenvalue weighted by Crippen LogP contribution is 2.33. The van der Waals surface area contributed by atoms with Gasteiger partial charge in [-0.1, -0.05) is 12.1 Å². The van der Waals surface area contributed by atoms with Crippen LogP contribution in [0.4, 0.5) is 5.82 Å². The average Bonchev–Trinajstić information content (AvgIpc) is 3.49. The van der Waals surface area contributed by atoms with Gasteiger partial charge in [0.05, 0.1) is 11.8 Å². The lowest BCUT2D eigenvalue weighted by atomic mass is 10.1. The van der Waals surface area contributed by atoms with E-state index in [9.17, 15) is 4.79 Å². The summed E-state index contributed by atoms with van der Waals surface area (Å²) in [5, 5.41) is 7.96. The molecule has 1 N–H and O–H groups in total. The van der Waals surface area contributed by atoms with Crippen molar-refractivity contribution >= 4 is 22.8 Å². The summed E-state index contributed by atoms with van der Waals surface area (Å²) < 4.78 is 7.90. The van der Waals surface area contributed by atoms with Crippen LogP contribution in [0.2, 0.25) is 0 Å². The molecule has 0 radical (unpaired) electrons. The molecule has 4 heterocycles. The van der Waals surface area contributed by atoms with Crippen molar-refractivity contribution in [1.82, 2.24) is 24.6 Å². The Morgan fingerprint density at radius 2 is 1.89 bits per heavy atom. The molecule has 0 atom stereocenters. The molecule has 182 valence electrons. The number of nitrogens with zero attached hydrogens (tertiary/aromatic N) is 5. The summed E-state index contributed by atoms with van der Waals surface area (Å²) in [5.41, 5.74) is 4.00. The summed E-state index contributed by atoms with van der Waals surface area (Å²) in [6, 6.07) is 9.76. The van der Waals surface area contributed by atoms with Crippen LogP contribution >= 0.6 is 0 Å². The Morgan fingerprint density at radius 3 is 2.66 bits per heavy atom. The number of aryl methyl sites for hydroxylation is 1. The zero-order valence-electron chi connectivity index (χ0n) is 20.6. The number of rotatable bonds is 6. The first-order chi connectivity index (χ1) is 16.9. The second-order valence-corrected chi connectivity index (χ2v) is 10.2. The van der Waals surface area contributed by atoms with Crippen LogP contribution in [0.3, 0.4) is 0 Å². The molecule has 1 fully saturated rings. The number of para-hydroxylation sites is 2. The topological polar surface area (TPSA) is 89.1 Å². The molecule has 0 saturated carbocycles. The van der Waals surface area contributed by atoms with Crippen molar-refractivity contribution in [2.75, 3.05) is 18.4 Å². The smallest absolute Gasteiger partial charge is 0.231 e. The Kier molecular flexibility index (Phi) is 6.28. The van der Waals surface area contributed by atoms with Crippen molar-refractivity contribution in [3.8, 4) is 22.6 Å². The second-order valence-electron chi connectivity index (χ2n) is 10.2. The van der Waals surface area contributed by atoms with Crippen LogP contribution in [-0.4, -0.2) is 49.2 Å². The fraction of sp³-hybridized carbons (Fsp3) is 0.407. The van der Waals surface area contributed by atoms with E-state index in [0.29, 0.717) is 24.7 Å². The molecule has 4 aromatic rings. The Labute approximate surface area is 205 Å². The number of carbonyl (C=O) groups excluding carboxylic acids is 1. The number of piperidine rings is 1. The van der Waals surface area contributed by atoms with Crippen LogP contribution in [0.15, 0.2) is 53.3 Å². The van der Waals surface area contributed by atoms with Gasteiger partial charge in [-0.25, -0.2) is 9.97 Å². The number of hydrogen-bond acceptors (Lipinski definition) is 6. The number of amides is 1. The minimum absolute atomic E-state index is 0.180. The van der Waals surface area contributed by atoms with Crippen LogP contribution in [-0.2, 0) is 11.3 Å². The van der Waals surface area contributed by atoms with Crippen molar-refractivity contribution in [2.24, 2.45) is 0 Å². The Hall–Kier alpha value is -3.68. The van der Waals surface area contributed by atoms with E-state index < -0.39 is 0 Å². The van der Waals surface area contributed by atoms with E-state index in [1.807, 2.05) is 58.5 Å². The third kappa shape index (κ3) is 5.37. The van der Waals surface area contributed by atoms with Crippen LogP contribution in [0.1, 0.15) is 46.5 Å². The van der Waals surface area contributed by atoms with E-state index in [4.69, 9.17) is 14.4 Å². The molecule has 1 saturated heterocycles. The van der Waals surface area contributed by atoms with Gasteiger partial charge in [-0.15, -0.1) is 0 Å². The van der Waals surface area contributed by atoms with Crippen LogP contribution in [0, 0.1) is 0 Å². The number of pyridine rings is 1. The molecule has 35 heavy (non-hydrogen) atoms. The molecule has 8 heteroatoms. The molecule has 0 spiro atoms. The highest BCUT2D eigenvalue weighted by Gasteiger charge is 2.20. The van der Waals surface area contributed by atoms with E-state index in [0.717, 1.165) is 53.7 Å². The molecular weight excluding hydrogens is 440 g/mol. The summed E-state index contributed by atoms with van der Waals surface area (Å²) in [4.78, 5) is 23.9. The number of anilines is 1. The lowest BCUT2D eigenvalue weighted by Crippen LogP contribution is -2.36. The first-order valence-electron chi connectivity index (χ1n) is 12.3. The Bertz CT molecular complexity index is 1290. The quantitative estimate of drug-likeness (QED) is 0.406. The third-order valence-corrected chi connectivity index (χ3v) is 6.14. The largest absolute Gasteiger partial charge is 0.436 e. The van der Waals surface area contributed by atoms with Crippen LogP contribution in [0.25, 0.3) is 33.7 Å². The number of carbonyl (C=O) groups is 1. The van der Waals surface area contributed by atoms with Crippen LogP contribution < -0.4 is 5.32 Å². The molecule has 0 aliphatic carbocycles. The van der Waals surface area contributed by atoms with Crippen molar-refractivity contribution in [1.29, 1.82) is 0 Å². The van der Waals surface area contributed by atoms with Gasteiger partial charge in [-0.05, 0) is 58.2 Å². The summed E-state index contributed by atoms with van der Waals surface area (Å²) in [6.45, 7) is 8.59. The highest BCUT2D eigenvalue weighted by molar-refractivity contribution is 5.81. The zero-order valence-corrected chi connectivity index (χ0v) is 20.6. The average molecular weight is 473 g/mol. The number of nitrogens with one attached hydrogen (secondary N) is 1. The summed E-state index contributed by atoms with van der Waals surface area (Å²) in [6.07, 6.45) is 9.50. The lowest BCUT2D eigenvalue weighted by molar-refractivity contribution is -0.132. The van der Waals surface area contributed by atoms with Crippen molar-refractivity contribution in [2.45, 2.75) is 58.5 Å². The van der Waals surface area contributed by atoms with Crippen LogP contribution in [0.5, 0.6) is 0 Å². The molecule has 0 unspecified atom stereocenters. The lowest BCUT2D eigenvalue weighted by Gasteiger charge is -2.26. The van der Waals surface area contributed by atoms with Gasteiger partial charge in [0.25, 0.3) is 0 Å². The number of oxazole rings is 1. The molecule has 1 aromatic carbocycles. The molecule has 5 rings (SSSR count). The summed E-state index contributed by atoms with van der Waals surface area (Å²) in [7, 11) is 0. The van der Waals surface area contributed by atoms with Gasteiger partial charge >= 0.3 is 0 Å². The van der Waals surface area contributed by atoms with Crippen molar-refractivity contribution in [3.63, 3.8) is 0 Å². The third-order valence-electron chi connectivity index (χ3n) is 6.14. The van der Waals surface area contributed by atoms with E-state index in [1.54, 1.807) is 0 Å². The highest BCUT2D eigenvalue weighted by atomic mass is 16.3. The maximum absolute atomic E-state index is 12.5. The molecule has 0 bridgehead atoms. The molecule has 1 aliphatic heterocycles. The molecular formula is C27H32N6O2. The maximum Gasteiger partial charge on any atom is 0.231 e. The van der Waals surface area contributed by atoms with E-state index in [2.05, 4.69) is 31.2 Å². The van der Waals surface area contributed by atoms with Gasteiger partial charge in [0, 0.05) is 55.1 Å². The SMILES string of the molecule is CC(C)(C)Nc1ncc(-c2cnn(CCC(=O)N3CCCCC3)c2)cc1-c1nc2ccccc2o1. The van der Waals surface area contributed by atoms with Gasteiger partial charge in [0.2, 0.25) is 11.8 Å². The predicted molar refractivity (Wildman–Crippen MR) is 137 cm³/mol. The number of fused-ring (bicyclic) bond motifs is 1. The van der Waals surface area contributed by atoms with Gasteiger partial charge < -0.3 is 14.6 Å². The molecule has 1 aliphatic rings. The monoisotopic (exact) mass is 472 g/mol. The first kappa shape index (κ1) is 23.1. The van der Waals surface area contributed by atoms with Gasteiger partial charge in [-0.2, -0.15) is 5.10 Å². The molecule has 8 nitrogen and oxygen atoms in total. The van der Waals surface area contributed by atoms with Crippen molar-refractivity contribution in [3.05, 3.63) is 48.9 Å². The van der Waals surface area contributed by atoms with E-state index in [-0.39, 0.29) is 11.4 Å². The number of benzene rings is 1.